The van der Waals surface area contributed by atoms with Crippen LogP contribution in [0.4, 0.5) is 0 Å². The van der Waals surface area contributed by atoms with Crippen molar-refractivity contribution in [3.8, 4) is 0 Å². The second kappa shape index (κ2) is 3.56. The molecule has 0 fully saturated rings. The summed E-state index contributed by atoms with van der Waals surface area (Å²) in [7, 11) is 0. The third kappa shape index (κ3) is 1.93. The molecule has 3 nitrogen and oxygen atoms in total. The summed E-state index contributed by atoms with van der Waals surface area (Å²) in [6, 6.07) is 5.84. The molecular formula is C12H14N2OS. The Morgan fingerprint density at radius 1 is 1.19 bits per heavy atom. The molecule has 0 aliphatic carbocycles. The van der Waals surface area contributed by atoms with E-state index in [1.807, 2.05) is 18.2 Å². The zero-order valence-corrected chi connectivity index (χ0v) is 10.4. The molecule has 0 atom stereocenters. The largest absolute Gasteiger partial charge is 0.332 e. The molecule has 0 radical (unpaired) electrons. The zero-order chi connectivity index (χ0) is 11.9. The summed E-state index contributed by atoms with van der Waals surface area (Å²) in [6.45, 7) is 6.36. The van der Waals surface area contributed by atoms with E-state index in [0.717, 1.165) is 11.1 Å². The van der Waals surface area contributed by atoms with Gasteiger partial charge in [0.2, 0.25) is 0 Å². The summed E-state index contributed by atoms with van der Waals surface area (Å²) < 4.78 is 0.362. The number of benzene rings is 1. The molecule has 0 saturated heterocycles. The normalized spacial score (nSPS) is 11.9. The van der Waals surface area contributed by atoms with Crippen molar-refractivity contribution < 1.29 is 0 Å². The number of nitrogens with one attached hydrogen (secondary N) is 2. The molecule has 2 N–H and O–H groups in total. The van der Waals surface area contributed by atoms with E-state index in [4.69, 9.17) is 12.2 Å². The van der Waals surface area contributed by atoms with Gasteiger partial charge in [0.15, 0.2) is 4.77 Å². The topological polar surface area (TPSA) is 48.6 Å². The summed E-state index contributed by atoms with van der Waals surface area (Å²) in [6.07, 6.45) is 0. The van der Waals surface area contributed by atoms with Crippen LogP contribution in [0.5, 0.6) is 0 Å². The molecule has 0 aliphatic heterocycles. The van der Waals surface area contributed by atoms with Crippen LogP contribution in [-0.2, 0) is 5.41 Å². The Morgan fingerprint density at radius 2 is 1.88 bits per heavy atom. The molecular weight excluding hydrogens is 220 g/mol. The first-order valence-electron chi connectivity index (χ1n) is 5.15. The predicted molar refractivity (Wildman–Crippen MR) is 68.5 cm³/mol. The summed E-state index contributed by atoms with van der Waals surface area (Å²) in [5.41, 5.74) is 1.82. The van der Waals surface area contributed by atoms with Crippen LogP contribution in [0.25, 0.3) is 10.9 Å². The number of rotatable bonds is 0. The summed E-state index contributed by atoms with van der Waals surface area (Å²) in [5.74, 6) is 0. The first-order chi connectivity index (χ1) is 7.38. The van der Waals surface area contributed by atoms with Gasteiger partial charge in [0.25, 0.3) is 5.56 Å². The highest BCUT2D eigenvalue weighted by Crippen LogP contribution is 2.23. The highest BCUT2D eigenvalue weighted by molar-refractivity contribution is 7.71. The molecule has 0 bridgehead atoms. The van der Waals surface area contributed by atoms with Crippen molar-refractivity contribution in [3.63, 3.8) is 0 Å². The highest BCUT2D eigenvalue weighted by atomic mass is 32.1. The molecule has 0 amide bonds. The van der Waals surface area contributed by atoms with Crippen LogP contribution < -0.4 is 5.56 Å². The lowest BCUT2D eigenvalue weighted by molar-refractivity contribution is 0.591. The summed E-state index contributed by atoms with van der Waals surface area (Å²) in [5, 5.41) is 0.654. The zero-order valence-electron chi connectivity index (χ0n) is 9.55. The fourth-order valence-corrected chi connectivity index (χ4v) is 1.83. The van der Waals surface area contributed by atoms with Gasteiger partial charge in [0, 0.05) is 0 Å². The number of aromatic amines is 2. The number of hydrogen-bond acceptors (Lipinski definition) is 2. The molecule has 0 unspecified atom stereocenters. The van der Waals surface area contributed by atoms with Gasteiger partial charge in [-0.3, -0.25) is 9.78 Å². The van der Waals surface area contributed by atoms with Crippen molar-refractivity contribution in [1.82, 2.24) is 9.97 Å². The van der Waals surface area contributed by atoms with E-state index in [9.17, 15) is 4.79 Å². The van der Waals surface area contributed by atoms with E-state index in [1.54, 1.807) is 0 Å². The Morgan fingerprint density at radius 3 is 2.50 bits per heavy atom. The quantitative estimate of drug-likeness (QED) is 0.689. The van der Waals surface area contributed by atoms with Gasteiger partial charge in [-0.15, -0.1) is 0 Å². The highest BCUT2D eigenvalue weighted by Gasteiger charge is 2.14. The van der Waals surface area contributed by atoms with E-state index >= 15 is 0 Å². The van der Waals surface area contributed by atoms with Gasteiger partial charge < -0.3 is 4.98 Å². The first kappa shape index (κ1) is 11.1. The number of fused-ring (bicyclic) bond motifs is 1. The molecule has 0 saturated carbocycles. The number of aromatic nitrogens is 2. The van der Waals surface area contributed by atoms with Crippen LogP contribution in [0.1, 0.15) is 26.3 Å². The second-order valence-corrected chi connectivity index (χ2v) is 5.33. The second-order valence-electron chi connectivity index (χ2n) is 4.92. The van der Waals surface area contributed by atoms with Crippen LogP contribution in [0, 0.1) is 4.77 Å². The average Bonchev–Trinajstić information content (AvgIpc) is 2.15. The van der Waals surface area contributed by atoms with Gasteiger partial charge >= 0.3 is 0 Å². The average molecular weight is 234 g/mol. The molecule has 2 rings (SSSR count). The minimum Gasteiger partial charge on any atom is -0.332 e. The molecule has 0 aliphatic rings. The minimum atomic E-state index is -0.134. The van der Waals surface area contributed by atoms with Crippen molar-refractivity contribution in [3.05, 3.63) is 38.9 Å². The SMILES string of the molecule is CC(C)(C)c1ccc2[nH]c(=S)[nH]c(=O)c2c1. The van der Waals surface area contributed by atoms with Gasteiger partial charge in [0.05, 0.1) is 10.9 Å². The summed E-state index contributed by atoms with van der Waals surface area (Å²) >= 11 is 4.92. The molecule has 4 heteroatoms. The van der Waals surface area contributed by atoms with Crippen LogP contribution >= 0.6 is 12.2 Å². The van der Waals surface area contributed by atoms with Crippen molar-refractivity contribution in [2.24, 2.45) is 0 Å². The Hall–Kier alpha value is -1.42. The van der Waals surface area contributed by atoms with E-state index in [1.165, 1.54) is 0 Å². The van der Waals surface area contributed by atoms with Gasteiger partial charge in [-0.05, 0) is 35.3 Å². The third-order valence-electron chi connectivity index (χ3n) is 2.61. The Labute approximate surface area is 98.5 Å². The fraction of sp³-hybridized carbons (Fsp3) is 0.333. The van der Waals surface area contributed by atoms with Crippen molar-refractivity contribution in [2.75, 3.05) is 0 Å². The van der Waals surface area contributed by atoms with Crippen molar-refractivity contribution in [1.29, 1.82) is 0 Å². The first-order valence-corrected chi connectivity index (χ1v) is 5.55. The molecule has 84 valence electrons. The molecule has 1 aromatic carbocycles. The number of H-pyrrole nitrogens is 2. The molecule has 1 heterocycles. The molecule has 16 heavy (non-hydrogen) atoms. The van der Waals surface area contributed by atoms with Crippen molar-refractivity contribution in [2.45, 2.75) is 26.2 Å². The van der Waals surface area contributed by atoms with Gasteiger partial charge in [0.1, 0.15) is 0 Å². The third-order valence-corrected chi connectivity index (χ3v) is 2.81. The Balaban J connectivity index is 2.82. The van der Waals surface area contributed by atoms with E-state index in [0.29, 0.717) is 10.2 Å². The van der Waals surface area contributed by atoms with E-state index < -0.39 is 0 Å². The van der Waals surface area contributed by atoms with Crippen LogP contribution in [0.3, 0.4) is 0 Å². The van der Waals surface area contributed by atoms with Crippen LogP contribution in [0.15, 0.2) is 23.0 Å². The lowest BCUT2D eigenvalue weighted by atomic mass is 9.86. The van der Waals surface area contributed by atoms with Gasteiger partial charge in [-0.25, -0.2) is 0 Å². The van der Waals surface area contributed by atoms with Gasteiger partial charge in [-0.1, -0.05) is 26.8 Å². The lowest BCUT2D eigenvalue weighted by Crippen LogP contribution is -2.13. The standard InChI is InChI=1S/C12H14N2OS/c1-12(2,3)7-4-5-9-8(6-7)10(15)14-11(16)13-9/h4-6H,1-3H3,(H2,13,14,15,16). The maximum absolute atomic E-state index is 11.7. The smallest absolute Gasteiger partial charge is 0.259 e. The number of hydrogen-bond donors (Lipinski definition) is 2. The lowest BCUT2D eigenvalue weighted by Gasteiger charge is -2.19. The Bertz CT molecular complexity index is 646. The maximum atomic E-state index is 11.7. The van der Waals surface area contributed by atoms with Gasteiger partial charge in [-0.2, -0.15) is 0 Å². The maximum Gasteiger partial charge on any atom is 0.259 e. The summed E-state index contributed by atoms with van der Waals surface area (Å²) in [4.78, 5) is 17.3. The van der Waals surface area contributed by atoms with E-state index in [2.05, 4.69) is 30.7 Å². The van der Waals surface area contributed by atoms with Crippen LogP contribution in [-0.4, -0.2) is 9.97 Å². The van der Waals surface area contributed by atoms with Crippen molar-refractivity contribution >= 4 is 23.1 Å². The van der Waals surface area contributed by atoms with Crippen LogP contribution in [0.2, 0.25) is 0 Å². The molecule has 2 aromatic rings. The van der Waals surface area contributed by atoms with E-state index in [-0.39, 0.29) is 11.0 Å². The minimum absolute atomic E-state index is 0.0350. The fourth-order valence-electron chi connectivity index (χ4n) is 1.63. The predicted octanol–water partition coefficient (Wildman–Crippen LogP) is 2.88. The monoisotopic (exact) mass is 234 g/mol. The molecule has 1 aromatic heterocycles. The Kier molecular flexibility index (Phi) is 2.46. The molecule has 0 spiro atoms.